The molecule has 2 amide bonds. The second kappa shape index (κ2) is 7.58. The SMILES string of the molecule is O=C(NCCCCCBr)Nc1cnns1. The standard InChI is InChI=1S/C8H13BrN4OS/c9-4-2-1-3-5-10-8(14)12-7-6-11-13-15-7/h6H,1-5H2,(H2,10,12,14). The van der Waals surface area contributed by atoms with Gasteiger partial charge in [-0.15, -0.1) is 5.10 Å². The molecule has 0 spiro atoms. The zero-order chi connectivity index (χ0) is 10.9. The van der Waals surface area contributed by atoms with Crippen LogP contribution < -0.4 is 10.6 Å². The third-order valence-corrected chi connectivity index (χ3v) is 2.83. The smallest absolute Gasteiger partial charge is 0.319 e. The molecule has 1 aromatic heterocycles. The maximum Gasteiger partial charge on any atom is 0.319 e. The molecule has 0 fully saturated rings. The Morgan fingerprint density at radius 3 is 3.00 bits per heavy atom. The van der Waals surface area contributed by atoms with Crippen molar-refractivity contribution in [2.24, 2.45) is 0 Å². The van der Waals surface area contributed by atoms with Gasteiger partial charge in [-0.2, -0.15) is 0 Å². The zero-order valence-electron chi connectivity index (χ0n) is 8.20. The van der Waals surface area contributed by atoms with Crippen LogP contribution in [0.2, 0.25) is 0 Å². The van der Waals surface area contributed by atoms with Crippen molar-refractivity contribution in [1.29, 1.82) is 0 Å². The summed E-state index contributed by atoms with van der Waals surface area (Å²) in [5.74, 6) is 0. The molecule has 1 aromatic rings. The van der Waals surface area contributed by atoms with Crippen LogP contribution in [0.4, 0.5) is 9.80 Å². The molecule has 0 radical (unpaired) electrons. The highest BCUT2D eigenvalue weighted by Gasteiger charge is 2.01. The van der Waals surface area contributed by atoms with Crippen molar-refractivity contribution in [2.75, 3.05) is 17.2 Å². The van der Waals surface area contributed by atoms with Gasteiger partial charge in [0, 0.05) is 23.4 Å². The lowest BCUT2D eigenvalue weighted by Crippen LogP contribution is -2.29. The number of aromatic nitrogens is 2. The highest BCUT2D eigenvalue weighted by molar-refractivity contribution is 9.09. The number of alkyl halides is 1. The summed E-state index contributed by atoms with van der Waals surface area (Å²) in [6, 6.07) is -0.195. The molecule has 0 aliphatic rings. The largest absolute Gasteiger partial charge is 0.338 e. The predicted molar refractivity (Wildman–Crippen MR) is 64.6 cm³/mol. The lowest BCUT2D eigenvalue weighted by atomic mass is 10.2. The van der Waals surface area contributed by atoms with Gasteiger partial charge >= 0.3 is 6.03 Å². The summed E-state index contributed by atoms with van der Waals surface area (Å²) < 4.78 is 3.64. The Balaban J connectivity index is 2.04. The van der Waals surface area contributed by atoms with E-state index in [1.807, 2.05) is 0 Å². The van der Waals surface area contributed by atoms with E-state index in [4.69, 9.17) is 0 Å². The van der Waals surface area contributed by atoms with Crippen LogP contribution >= 0.6 is 27.5 Å². The molecule has 1 rings (SSSR count). The Kier molecular flexibility index (Phi) is 6.26. The molecule has 1 heterocycles. The summed E-state index contributed by atoms with van der Waals surface area (Å²) in [6.45, 7) is 0.699. The van der Waals surface area contributed by atoms with Crippen LogP contribution in [-0.2, 0) is 0 Å². The minimum absolute atomic E-state index is 0.195. The van der Waals surface area contributed by atoms with Crippen molar-refractivity contribution in [3.05, 3.63) is 6.20 Å². The van der Waals surface area contributed by atoms with E-state index in [0.29, 0.717) is 11.5 Å². The molecule has 0 atom stereocenters. The number of urea groups is 1. The third-order valence-electron chi connectivity index (χ3n) is 1.69. The van der Waals surface area contributed by atoms with Crippen LogP contribution in [-0.4, -0.2) is 27.5 Å². The van der Waals surface area contributed by atoms with E-state index in [9.17, 15) is 4.79 Å². The number of rotatable bonds is 6. The van der Waals surface area contributed by atoms with Gasteiger partial charge in [0.25, 0.3) is 0 Å². The summed E-state index contributed by atoms with van der Waals surface area (Å²) >= 11 is 4.52. The van der Waals surface area contributed by atoms with Crippen molar-refractivity contribution in [1.82, 2.24) is 14.9 Å². The molecule has 5 nitrogen and oxygen atoms in total. The Bertz CT molecular complexity index is 280. The molecular weight excluding hydrogens is 280 g/mol. The van der Waals surface area contributed by atoms with E-state index in [1.54, 1.807) is 0 Å². The van der Waals surface area contributed by atoms with Crippen molar-refractivity contribution < 1.29 is 4.79 Å². The summed E-state index contributed by atoms with van der Waals surface area (Å²) in [4.78, 5) is 11.3. The molecule has 7 heteroatoms. The lowest BCUT2D eigenvalue weighted by Gasteiger charge is -2.04. The van der Waals surface area contributed by atoms with Crippen molar-refractivity contribution in [3.63, 3.8) is 0 Å². The van der Waals surface area contributed by atoms with E-state index < -0.39 is 0 Å². The molecule has 15 heavy (non-hydrogen) atoms. The fourth-order valence-corrected chi connectivity index (χ4v) is 1.79. The highest BCUT2D eigenvalue weighted by atomic mass is 79.9. The number of nitrogens with zero attached hydrogens (tertiary/aromatic N) is 2. The average molecular weight is 293 g/mol. The number of carbonyl (C=O) groups is 1. The fraction of sp³-hybridized carbons (Fsp3) is 0.625. The molecular formula is C8H13BrN4OS. The van der Waals surface area contributed by atoms with E-state index in [-0.39, 0.29) is 6.03 Å². The molecule has 0 saturated heterocycles. The topological polar surface area (TPSA) is 66.9 Å². The second-order valence-electron chi connectivity index (χ2n) is 2.91. The van der Waals surface area contributed by atoms with Crippen LogP contribution in [0.25, 0.3) is 0 Å². The van der Waals surface area contributed by atoms with Crippen LogP contribution in [0.3, 0.4) is 0 Å². The maximum atomic E-state index is 11.3. The third kappa shape index (κ3) is 5.68. The monoisotopic (exact) mass is 292 g/mol. The number of hydrogen-bond donors (Lipinski definition) is 2. The molecule has 0 aromatic carbocycles. The highest BCUT2D eigenvalue weighted by Crippen LogP contribution is 2.08. The van der Waals surface area contributed by atoms with Crippen LogP contribution in [0.15, 0.2) is 6.20 Å². The Morgan fingerprint density at radius 2 is 2.33 bits per heavy atom. The molecule has 0 unspecified atom stereocenters. The first-order chi connectivity index (χ1) is 7.33. The molecule has 0 saturated carbocycles. The minimum Gasteiger partial charge on any atom is -0.338 e. The van der Waals surface area contributed by atoms with E-state index >= 15 is 0 Å². The Hall–Kier alpha value is -0.690. The first-order valence-electron chi connectivity index (χ1n) is 4.71. The number of amides is 2. The van der Waals surface area contributed by atoms with Crippen LogP contribution in [0, 0.1) is 0 Å². The number of anilines is 1. The van der Waals surface area contributed by atoms with Gasteiger partial charge < -0.3 is 5.32 Å². The summed E-state index contributed by atoms with van der Waals surface area (Å²) in [6.07, 6.45) is 4.78. The molecule has 0 aliphatic carbocycles. The van der Waals surface area contributed by atoms with Gasteiger partial charge in [-0.3, -0.25) is 5.32 Å². The number of unbranched alkanes of at least 4 members (excludes halogenated alkanes) is 2. The van der Waals surface area contributed by atoms with Crippen molar-refractivity contribution >= 4 is 38.5 Å². The van der Waals surface area contributed by atoms with Crippen molar-refractivity contribution in [2.45, 2.75) is 19.3 Å². The second-order valence-corrected chi connectivity index (χ2v) is 4.49. The molecule has 0 aliphatic heterocycles. The molecule has 0 bridgehead atoms. The number of halogens is 1. The van der Waals surface area contributed by atoms with Gasteiger partial charge in [0.2, 0.25) is 0 Å². The summed E-state index contributed by atoms with van der Waals surface area (Å²) in [7, 11) is 0. The normalized spacial score (nSPS) is 9.93. The first kappa shape index (κ1) is 12.4. The van der Waals surface area contributed by atoms with Gasteiger partial charge in [-0.05, 0) is 12.8 Å². The molecule has 2 N–H and O–H groups in total. The van der Waals surface area contributed by atoms with Crippen molar-refractivity contribution in [3.8, 4) is 0 Å². The summed E-state index contributed by atoms with van der Waals surface area (Å²) in [5.41, 5.74) is 0. The van der Waals surface area contributed by atoms with E-state index in [2.05, 4.69) is 36.2 Å². The van der Waals surface area contributed by atoms with Gasteiger partial charge in [-0.25, -0.2) is 4.79 Å². The van der Waals surface area contributed by atoms with Gasteiger partial charge in [0.15, 0.2) is 0 Å². The lowest BCUT2D eigenvalue weighted by molar-refractivity contribution is 0.252. The predicted octanol–water partition coefficient (Wildman–Crippen LogP) is 2.22. The van der Waals surface area contributed by atoms with Gasteiger partial charge in [0.05, 0.1) is 6.20 Å². The van der Waals surface area contributed by atoms with Crippen LogP contribution in [0.5, 0.6) is 0 Å². The first-order valence-corrected chi connectivity index (χ1v) is 6.60. The fourth-order valence-electron chi connectivity index (χ4n) is 0.977. The average Bonchev–Trinajstić information content (AvgIpc) is 2.70. The van der Waals surface area contributed by atoms with E-state index in [1.165, 1.54) is 6.20 Å². The Morgan fingerprint density at radius 1 is 1.47 bits per heavy atom. The molecule has 84 valence electrons. The number of hydrogen-bond acceptors (Lipinski definition) is 4. The quantitative estimate of drug-likeness (QED) is 0.624. The summed E-state index contributed by atoms with van der Waals surface area (Å²) in [5, 5.41) is 10.7. The minimum atomic E-state index is -0.195. The number of nitrogens with one attached hydrogen (secondary N) is 2. The Labute approximate surface area is 101 Å². The zero-order valence-corrected chi connectivity index (χ0v) is 10.6. The number of carbonyl (C=O) groups excluding carboxylic acids is 1. The maximum absolute atomic E-state index is 11.3. The van der Waals surface area contributed by atoms with E-state index in [0.717, 1.165) is 36.1 Å². The van der Waals surface area contributed by atoms with Gasteiger partial charge in [0.1, 0.15) is 5.00 Å². The van der Waals surface area contributed by atoms with Gasteiger partial charge in [-0.1, -0.05) is 26.8 Å². The van der Waals surface area contributed by atoms with Crippen LogP contribution in [0.1, 0.15) is 19.3 Å².